The van der Waals surface area contributed by atoms with Crippen LogP contribution in [0.1, 0.15) is 34.6 Å². The summed E-state index contributed by atoms with van der Waals surface area (Å²) in [5.41, 5.74) is 0.290. The van der Waals surface area contributed by atoms with E-state index >= 15 is 0 Å². The summed E-state index contributed by atoms with van der Waals surface area (Å²) in [4.78, 5) is 24.5. The van der Waals surface area contributed by atoms with Gasteiger partial charge in [-0.15, -0.1) is 0 Å². The summed E-state index contributed by atoms with van der Waals surface area (Å²) in [6, 6.07) is 9.35. The Hall–Kier alpha value is -2.05. The van der Waals surface area contributed by atoms with E-state index in [1.54, 1.807) is 18.2 Å². The monoisotopic (exact) mass is 426 g/mol. The van der Waals surface area contributed by atoms with Gasteiger partial charge in [0.2, 0.25) is 0 Å². The Morgan fingerprint density at radius 3 is 2.28 bits per heavy atom. The van der Waals surface area contributed by atoms with Crippen molar-refractivity contribution in [3.05, 3.63) is 57.0 Å². The number of carbonyl (C=O) groups excluding carboxylic acids is 2. The van der Waals surface area contributed by atoms with Gasteiger partial charge in [0, 0.05) is 9.50 Å². The van der Waals surface area contributed by atoms with Crippen LogP contribution in [0.5, 0.6) is 11.5 Å². The fourth-order valence-electron chi connectivity index (χ4n) is 2.03. The molecule has 25 heavy (non-hydrogen) atoms. The fourth-order valence-corrected chi connectivity index (χ4v) is 2.57. The smallest absolute Gasteiger partial charge is 0.347 e. The first-order chi connectivity index (χ1) is 11.8. The number of hydrogen-bond donors (Lipinski definition) is 0. The first-order valence-electron chi connectivity index (χ1n) is 7.38. The summed E-state index contributed by atoms with van der Waals surface area (Å²) < 4.78 is 16.4. The third-order valence-corrected chi connectivity index (χ3v) is 3.80. The standard InChI is InChI=1S/C18H16BrClO5/c1-10(2)24-15-6-4-11(19)8-13(15)18(22)25-16-7-5-12(20)9-14(16)17(21)23-3/h4-10H,1-3H3. The molecule has 2 aromatic rings. The highest BCUT2D eigenvalue weighted by Crippen LogP contribution is 2.28. The van der Waals surface area contributed by atoms with Crippen molar-refractivity contribution in [2.24, 2.45) is 0 Å². The minimum absolute atomic E-state index is 0.0525. The summed E-state index contributed by atoms with van der Waals surface area (Å²) in [5, 5.41) is 0.325. The molecule has 0 saturated carbocycles. The molecule has 0 unspecified atom stereocenters. The maximum atomic E-state index is 12.6. The molecule has 0 amide bonds. The van der Waals surface area contributed by atoms with Crippen LogP contribution in [0.3, 0.4) is 0 Å². The predicted molar refractivity (Wildman–Crippen MR) is 97.7 cm³/mol. The summed E-state index contributed by atoms with van der Waals surface area (Å²) >= 11 is 9.22. The van der Waals surface area contributed by atoms with Crippen LogP contribution in [0.15, 0.2) is 40.9 Å². The van der Waals surface area contributed by atoms with E-state index in [9.17, 15) is 9.59 Å². The van der Waals surface area contributed by atoms with Gasteiger partial charge < -0.3 is 14.2 Å². The van der Waals surface area contributed by atoms with E-state index in [0.29, 0.717) is 15.2 Å². The van der Waals surface area contributed by atoms with E-state index in [1.165, 1.54) is 25.3 Å². The largest absolute Gasteiger partial charge is 0.490 e. The first kappa shape index (κ1) is 19.3. The second kappa shape index (κ2) is 8.36. The Bertz CT molecular complexity index is 804. The number of halogens is 2. The average Bonchev–Trinajstić information content (AvgIpc) is 2.56. The molecule has 2 rings (SSSR count). The molecule has 0 heterocycles. The molecule has 0 spiro atoms. The molecule has 0 radical (unpaired) electrons. The van der Waals surface area contributed by atoms with E-state index in [-0.39, 0.29) is 23.0 Å². The highest BCUT2D eigenvalue weighted by Gasteiger charge is 2.21. The number of esters is 2. The average molecular weight is 428 g/mol. The van der Waals surface area contributed by atoms with Gasteiger partial charge in [-0.2, -0.15) is 0 Å². The van der Waals surface area contributed by atoms with Crippen LogP contribution < -0.4 is 9.47 Å². The van der Waals surface area contributed by atoms with Gasteiger partial charge >= 0.3 is 11.9 Å². The molecule has 0 N–H and O–H groups in total. The summed E-state index contributed by atoms with van der Waals surface area (Å²) in [5.74, 6) is -0.879. The topological polar surface area (TPSA) is 61.8 Å². The van der Waals surface area contributed by atoms with Gasteiger partial charge in [0.05, 0.1) is 13.2 Å². The third kappa shape index (κ3) is 4.96. The molecular weight excluding hydrogens is 412 g/mol. The second-order valence-electron chi connectivity index (χ2n) is 5.33. The van der Waals surface area contributed by atoms with Gasteiger partial charge in [-0.05, 0) is 50.2 Å². The zero-order valence-corrected chi connectivity index (χ0v) is 16.2. The van der Waals surface area contributed by atoms with Crippen molar-refractivity contribution in [2.75, 3.05) is 7.11 Å². The lowest BCUT2D eigenvalue weighted by Crippen LogP contribution is -2.15. The van der Waals surface area contributed by atoms with Crippen LogP contribution in [-0.2, 0) is 4.74 Å². The minimum atomic E-state index is -0.663. The van der Waals surface area contributed by atoms with Gasteiger partial charge in [0.15, 0.2) is 0 Å². The molecule has 5 nitrogen and oxygen atoms in total. The lowest BCUT2D eigenvalue weighted by Gasteiger charge is -2.15. The number of benzene rings is 2. The normalized spacial score (nSPS) is 10.5. The molecule has 2 aromatic carbocycles. The minimum Gasteiger partial charge on any atom is -0.490 e. The highest BCUT2D eigenvalue weighted by molar-refractivity contribution is 9.10. The number of hydrogen-bond acceptors (Lipinski definition) is 5. The number of ether oxygens (including phenoxy) is 3. The van der Waals surface area contributed by atoms with E-state index in [4.69, 9.17) is 25.8 Å². The highest BCUT2D eigenvalue weighted by atomic mass is 79.9. The molecule has 0 aliphatic carbocycles. The molecule has 0 aromatic heterocycles. The van der Waals surface area contributed by atoms with Crippen LogP contribution in [0.2, 0.25) is 5.02 Å². The summed E-state index contributed by atoms with van der Waals surface area (Å²) in [6.45, 7) is 3.71. The number of carbonyl (C=O) groups is 2. The van der Waals surface area contributed by atoms with Crippen LogP contribution in [-0.4, -0.2) is 25.2 Å². The predicted octanol–water partition coefficient (Wildman–Crippen LogP) is 4.90. The fraction of sp³-hybridized carbons (Fsp3) is 0.222. The Labute approximate surface area is 159 Å². The molecule has 0 saturated heterocycles. The van der Waals surface area contributed by atoms with Crippen molar-refractivity contribution in [2.45, 2.75) is 20.0 Å². The Morgan fingerprint density at radius 1 is 1.00 bits per heavy atom. The van der Waals surface area contributed by atoms with E-state index in [1.807, 2.05) is 13.8 Å². The van der Waals surface area contributed by atoms with Gasteiger partial charge in [-0.3, -0.25) is 0 Å². The second-order valence-corrected chi connectivity index (χ2v) is 6.68. The molecule has 0 bridgehead atoms. The Morgan fingerprint density at radius 2 is 1.64 bits per heavy atom. The van der Waals surface area contributed by atoms with Crippen LogP contribution in [0.4, 0.5) is 0 Å². The molecule has 0 fully saturated rings. The van der Waals surface area contributed by atoms with E-state index < -0.39 is 11.9 Å². The quantitative estimate of drug-likeness (QED) is 0.502. The van der Waals surface area contributed by atoms with Crippen LogP contribution in [0, 0.1) is 0 Å². The van der Waals surface area contributed by atoms with Gasteiger partial charge in [-0.1, -0.05) is 27.5 Å². The molecule has 0 aliphatic heterocycles. The van der Waals surface area contributed by atoms with Crippen molar-refractivity contribution in [1.29, 1.82) is 0 Å². The molecule has 7 heteroatoms. The lowest BCUT2D eigenvalue weighted by molar-refractivity contribution is 0.0593. The van der Waals surface area contributed by atoms with Crippen molar-refractivity contribution in [3.8, 4) is 11.5 Å². The van der Waals surface area contributed by atoms with Crippen molar-refractivity contribution < 1.29 is 23.8 Å². The lowest BCUT2D eigenvalue weighted by atomic mass is 10.2. The summed E-state index contributed by atoms with van der Waals surface area (Å²) in [7, 11) is 1.23. The third-order valence-electron chi connectivity index (χ3n) is 3.07. The molecule has 0 aliphatic rings. The van der Waals surface area contributed by atoms with Crippen LogP contribution >= 0.6 is 27.5 Å². The van der Waals surface area contributed by atoms with Crippen molar-refractivity contribution in [1.82, 2.24) is 0 Å². The van der Waals surface area contributed by atoms with Gasteiger partial charge in [-0.25, -0.2) is 9.59 Å². The zero-order valence-electron chi connectivity index (χ0n) is 13.8. The zero-order chi connectivity index (χ0) is 18.6. The first-order valence-corrected chi connectivity index (χ1v) is 8.55. The Balaban J connectivity index is 2.38. The maximum absolute atomic E-state index is 12.6. The van der Waals surface area contributed by atoms with Crippen molar-refractivity contribution >= 4 is 39.5 Å². The van der Waals surface area contributed by atoms with E-state index in [2.05, 4.69) is 15.9 Å². The van der Waals surface area contributed by atoms with E-state index in [0.717, 1.165) is 0 Å². The van der Waals surface area contributed by atoms with Crippen molar-refractivity contribution in [3.63, 3.8) is 0 Å². The summed E-state index contributed by atoms with van der Waals surface area (Å²) in [6.07, 6.45) is -0.117. The van der Waals surface area contributed by atoms with Gasteiger partial charge in [0.1, 0.15) is 22.6 Å². The number of rotatable bonds is 5. The maximum Gasteiger partial charge on any atom is 0.347 e. The SMILES string of the molecule is COC(=O)c1cc(Cl)ccc1OC(=O)c1cc(Br)ccc1OC(C)C. The Kier molecular flexibility index (Phi) is 6.45. The molecular formula is C18H16BrClO5. The van der Waals surface area contributed by atoms with Crippen LogP contribution in [0.25, 0.3) is 0 Å². The van der Waals surface area contributed by atoms with Gasteiger partial charge in [0.25, 0.3) is 0 Å². The molecule has 132 valence electrons. The number of methoxy groups -OCH3 is 1. The molecule has 0 atom stereocenters.